The van der Waals surface area contributed by atoms with Crippen molar-refractivity contribution < 1.29 is 43.7 Å². The third-order valence-electron chi connectivity index (χ3n) is 17.3. The summed E-state index contributed by atoms with van der Waals surface area (Å²) in [5, 5.41) is 24.3. The van der Waals surface area contributed by atoms with Gasteiger partial charge in [0.25, 0.3) is 0 Å². The van der Waals surface area contributed by atoms with Crippen molar-refractivity contribution in [1.82, 2.24) is 29.2 Å². The number of amides is 1. The Balaban J connectivity index is 0.000000216. The fourth-order valence-electron chi connectivity index (χ4n) is 11.0. The van der Waals surface area contributed by atoms with Crippen molar-refractivity contribution in [1.29, 1.82) is 0 Å². The third kappa shape index (κ3) is 14.2. The summed E-state index contributed by atoms with van der Waals surface area (Å²) in [5.74, 6) is -1.14. The predicted octanol–water partition coefficient (Wildman–Crippen LogP) is 9.70. The molecule has 0 aliphatic carbocycles. The summed E-state index contributed by atoms with van der Waals surface area (Å²) in [7, 11) is 10.6. The van der Waals surface area contributed by atoms with Gasteiger partial charge in [-0.2, -0.15) is 0 Å². The Labute approximate surface area is 520 Å². The summed E-state index contributed by atoms with van der Waals surface area (Å²) in [4.78, 5) is 89.5. The summed E-state index contributed by atoms with van der Waals surface area (Å²) >= 11 is 0. The van der Waals surface area contributed by atoms with Crippen molar-refractivity contribution in [3.63, 3.8) is 0 Å². The van der Waals surface area contributed by atoms with Crippen LogP contribution in [-0.2, 0) is 29.4 Å². The largest absolute Gasteiger partial charge is 0.494 e. The molecule has 2 aromatic heterocycles. The number of methoxy groups -OCH3 is 2. The zero-order valence-corrected chi connectivity index (χ0v) is 52.7. The van der Waals surface area contributed by atoms with E-state index in [1.807, 2.05) is 135 Å². The van der Waals surface area contributed by atoms with Crippen LogP contribution in [0.1, 0.15) is 77.6 Å². The number of benzene rings is 6. The maximum absolute atomic E-state index is 13.5. The van der Waals surface area contributed by atoms with Crippen LogP contribution >= 0.6 is 0 Å². The van der Waals surface area contributed by atoms with Gasteiger partial charge in [-0.3, -0.25) is 28.8 Å². The number of ether oxygens (including phenoxy) is 2. The lowest BCUT2D eigenvalue weighted by atomic mass is 9.95. The second kappa shape index (κ2) is 27.4. The van der Waals surface area contributed by atoms with Gasteiger partial charge in [0.2, 0.25) is 11.8 Å². The standard InChI is InChI=1S/C39H47N5O5.C31H33N5O4/c1-26(45)38(2,3)44-32-24-28(37(48)49-8)14-19-31(32)34(36(44)47)35(27-12-10-9-11-13-27)40-29-15-17-30(18-16-29)42(7)39(4,5)33(46)25-43-22-20-41(6)21-23-43;1-34-15-17-36(18-16-34)20-27(37)35(2)24-12-10-23(11-13-24)32-29(21-7-5-4-6-8-21)28-25-14-9-22(31(39)40-3)19-26(25)33-30(28)38/h9-19,24,47H,20-23,25H2,1-8H3;4-14,19,33,38H,15-18,20H2,1-3H3. The van der Waals surface area contributed by atoms with E-state index in [0.29, 0.717) is 74.6 Å². The van der Waals surface area contributed by atoms with Crippen molar-refractivity contribution in [2.24, 2.45) is 9.98 Å². The highest BCUT2D eigenvalue weighted by atomic mass is 16.5. The fraction of sp³-hybridized carbons (Fsp3) is 0.329. The lowest BCUT2D eigenvalue weighted by molar-refractivity contribution is -0.125. The molecular weight excluding hydrogens is 1120 g/mol. The second-order valence-corrected chi connectivity index (χ2v) is 23.8. The number of hydrogen-bond donors (Lipinski definition) is 3. The van der Waals surface area contributed by atoms with Crippen LogP contribution in [0.4, 0.5) is 22.7 Å². The number of hydrogen-bond acceptors (Lipinski definition) is 16. The first-order valence-electron chi connectivity index (χ1n) is 29.8. The second-order valence-electron chi connectivity index (χ2n) is 23.8. The molecule has 0 atom stereocenters. The van der Waals surface area contributed by atoms with Crippen LogP contribution in [0.5, 0.6) is 11.8 Å². The van der Waals surface area contributed by atoms with E-state index in [4.69, 9.17) is 19.5 Å². The summed E-state index contributed by atoms with van der Waals surface area (Å²) in [6, 6.07) is 44.4. The Hall–Kier alpha value is -9.27. The molecule has 8 aromatic rings. The number of aromatic hydroxyl groups is 2. The summed E-state index contributed by atoms with van der Waals surface area (Å²) in [6.07, 6.45) is 0. The number of nitrogens with one attached hydrogen (secondary N) is 1. The minimum Gasteiger partial charge on any atom is -0.494 e. The number of nitrogens with zero attached hydrogens (tertiary/aromatic N) is 9. The number of ketones is 2. The molecule has 19 heteroatoms. The number of H-pyrrole nitrogens is 1. The molecule has 0 saturated carbocycles. The van der Waals surface area contributed by atoms with Crippen LogP contribution in [0.25, 0.3) is 21.8 Å². The lowest BCUT2D eigenvalue weighted by Crippen LogP contribution is -2.54. The number of piperazine rings is 2. The maximum atomic E-state index is 13.5. The van der Waals surface area contributed by atoms with Crippen molar-refractivity contribution in [3.8, 4) is 11.8 Å². The molecule has 2 aliphatic rings. The first-order chi connectivity index (χ1) is 42.5. The van der Waals surface area contributed by atoms with Crippen LogP contribution in [0.15, 0.2) is 156 Å². The molecule has 0 bridgehead atoms. The average Bonchev–Trinajstić information content (AvgIpc) is 1.62. The van der Waals surface area contributed by atoms with Crippen molar-refractivity contribution in [2.75, 3.05) is 118 Å². The number of anilines is 2. The van der Waals surface area contributed by atoms with E-state index in [2.05, 4.69) is 38.7 Å². The Morgan fingerprint density at radius 3 is 1.52 bits per heavy atom. The number of aromatic nitrogens is 2. The van der Waals surface area contributed by atoms with Gasteiger partial charge < -0.3 is 44.3 Å². The molecule has 0 radical (unpaired) electrons. The monoisotopic (exact) mass is 1200 g/mol. The molecule has 0 unspecified atom stereocenters. The summed E-state index contributed by atoms with van der Waals surface area (Å²) in [5.41, 5.74) is 6.45. The lowest BCUT2D eigenvalue weighted by Gasteiger charge is -2.39. The molecule has 89 heavy (non-hydrogen) atoms. The van der Waals surface area contributed by atoms with E-state index < -0.39 is 23.0 Å². The molecule has 3 N–H and O–H groups in total. The molecule has 0 spiro atoms. The Morgan fingerprint density at radius 1 is 0.562 bits per heavy atom. The molecule has 464 valence electrons. The minimum absolute atomic E-state index is 0.0424. The van der Waals surface area contributed by atoms with Crippen LogP contribution in [0, 0.1) is 0 Å². The number of carbonyl (C=O) groups excluding carboxylic acids is 5. The molecule has 2 aliphatic heterocycles. The first kappa shape index (κ1) is 64.2. The van der Waals surface area contributed by atoms with E-state index in [9.17, 15) is 34.2 Å². The van der Waals surface area contributed by atoms with Gasteiger partial charge in [-0.25, -0.2) is 19.6 Å². The van der Waals surface area contributed by atoms with Crippen LogP contribution in [-0.4, -0.2) is 194 Å². The molecule has 19 nitrogen and oxygen atoms in total. The number of esters is 2. The van der Waals surface area contributed by atoms with Gasteiger partial charge >= 0.3 is 11.9 Å². The Kier molecular flexibility index (Phi) is 19.8. The molecule has 4 heterocycles. The number of likely N-dealkylation sites (N-methyl/N-ethyl adjacent to an activating group) is 4. The van der Waals surface area contributed by atoms with Gasteiger partial charge in [-0.15, -0.1) is 0 Å². The van der Waals surface area contributed by atoms with Gasteiger partial charge in [0, 0.05) is 105 Å². The Morgan fingerprint density at radius 2 is 1.02 bits per heavy atom. The normalized spacial score (nSPS) is 14.9. The molecule has 2 saturated heterocycles. The molecular formula is C70H80N10O9. The molecule has 2 fully saturated rings. The average molecular weight is 1210 g/mol. The maximum Gasteiger partial charge on any atom is 0.337 e. The van der Waals surface area contributed by atoms with Gasteiger partial charge in [0.1, 0.15) is 5.54 Å². The van der Waals surface area contributed by atoms with Crippen molar-refractivity contribution in [3.05, 3.63) is 179 Å². The van der Waals surface area contributed by atoms with Crippen molar-refractivity contribution in [2.45, 2.75) is 45.7 Å². The fourth-order valence-corrected chi connectivity index (χ4v) is 11.0. The van der Waals surface area contributed by atoms with Gasteiger partial charge in [0.15, 0.2) is 17.4 Å². The van der Waals surface area contributed by atoms with E-state index in [-0.39, 0.29) is 29.2 Å². The van der Waals surface area contributed by atoms with Gasteiger partial charge in [-0.05, 0) is 122 Å². The summed E-state index contributed by atoms with van der Waals surface area (Å²) in [6.45, 7) is 17.0. The van der Waals surface area contributed by atoms with E-state index in [1.54, 1.807) is 66.8 Å². The molecule has 10 rings (SSSR count). The van der Waals surface area contributed by atoms with E-state index in [1.165, 1.54) is 21.1 Å². The van der Waals surface area contributed by atoms with Gasteiger partial charge in [-0.1, -0.05) is 72.8 Å². The highest BCUT2D eigenvalue weighted by molar-refractivity contribution is 6.23. The highest BCUT2D eigenvalue weighted by Crippen LogP contribution is 2.41. The topological polar surface area (TPSA) is 209 Å². The molecule has 6 aromatic carbocycles. The number of aromatic amines is 1. The van der Waals surface area contributed by atoms with E-state index >= 15 is 0 Å². The first-order valence-corrected chi connectivity index (χ1v) is 29.8. The minimum atomic E-state index is -1.14. The highest BCUT2D eigenvalue weighted by Gasteiger charge is 2.36. The smallest absolute Gasteiger partial charge is 0.337 e. The van der Waals surface area contributed by atoms with E-state index in [0.717, 1.165) is 80.2 Å². The zero-order valence-electron chi connectivity index (χ0n) is 52.7. The predicted molar refractivity (Wildman–Crippen MR) is 351 cm³/mol. The summed E-state index contributed by atoms with van der Waals surface area (Å²) < 4.78 is 11.4. The number of carbonyl (C=O) groups is 5. The number of rotatable bonds is 18. The van der Waals surface area contributed by atoms with Crippen LogP contribution in [0.3, 0.4) is 0 Å². The quantitative estimate of drug-likeness (QED) is 0.0540. The number of aliphatic imine (C=N–C) groups is 2. The number of Topliss-reactive ketones (excluding diaryl/α,β-unsaturated/α-hetero) is 2. The Bertz CT molecular complexity index is 3930. The van der Waals surface area contributed by atoms with Crippen LogP contribution in [0.2, 0.25) is 0 Å². The van der Waals surface area contributed by atoms with Gasteiger partial charge in [0.05, 0.1) is 83.4 Å². The van der Waals surface area contributed by atoms with Crippen LogP contribution < -0.4 is 9.80 Å². The van der Waals surface area contributed by atoms with Crippen molar-refractivity contribution >= 4 is 85.4 Å². The zero-order chi connectivity index (χ0) is 63.9. The molecule has 1 amide bonds. The SMILES string of the molecule is COC(=O)c1ccc2c(C(=Nc3ccc(N(C)C(=O)CN4CCN(C)CC4)cc3)c3ccccc3)c(O)[nH]c2c1.COC(=O)c1ccc2c(C(=Nc3ccc(N(C)C(C)(C)C(=O)CN4CCN(C)CC4)cc3)c3ccccc3)c(O)n(C(C)(C)C(C)=O)c2c1. The number of fused-ring (bicyclic) bond motifs is 2. The third-order valence-corrected chi connectivity index (χ3v) is 17.3.